The summed E-state index contributed by atoms with van der Waals surface area (Å²) < 4.78 is 23.3. The lowest BCUT2D eigenvalue weighted by molar-refractivity contribution is 0.600. The first-order chi connectivity index (χ1) is 8.55. The summed E-state index contributed by atoms with van der Waals surface area (Å²) in [6.07, 6.45) is 0.661. The maximum Gasteiger partial charge on any atom is 0.152 e. The van der Waals surface area contributed by atoms with Crippen molar-refractivity contribution in [3.63, 3.8) is 0 Å². The van der Waals surface area contributed by atoms with Crippen molar-refractivity contribution in [3.8, 4) is 0 Å². The van der Waals surface area contributed by atoms with Crippen LogP contribution in [0.25, 0.3) is 0 Å². The minimum atomic E-state index is -2.84. The number of sulfone groups is 1. The molecule has 1 N–H and O–H groups in total. The second kappa shape index (κ2) is 6.04. The van der Waals surface area contributed by atoms with Crippen molar-refractivity contribution in [1.82, 2.24) is 5.32 Å². The second-order valence-electron chi connectivity index (χ2n) is 4.31. The van der Waals surface area contributed by atoms with E-state index in [0.29, 0.717) is 10.7 Å². The summed E-state index contributed by atoms with van der Waals surface area (Å²) in [6.45, 7) is 0. The minimum Gasteiger partial charge on any atom is -0.367 e. The van der Waals surface area contributed by atoms with Crippen molar-refractivity contribution in [3.05, 3.63) is 35.9 Å². The largest absolute Gasteiger partial charge is 0.367 e. The van der Waals surface area contributed by atoms with Crippen LogP contribution in [-0.2, 0) is 15.6 Å². The van der Waals surface area contributed by atoms with Gasteiger partial charge >= 0.3 is 0 Å². The molecule has 2 rings (SSSR count). The van der Waals surface area contributed by atoms with E-state index in [1.165, 1.54) is 5.56 Å². The zero-order valence-corrected chi connectivity index (χ0v) is 12.3. The summed E-state index contributed by atoms with van der Waals surface area (Å²) in [6, 6.07) is 10.1. The predicted octanol–water partition coefficient (Wildman–Crippen LogP) is 1.98. The van der Waals surface area contributed by atoms with Crippen molar-refractivity contribution >= 4 is 38.1 Å². The Labute approximate surface area is 117 Å². The van der Waals surface area contributed by atoms with Gasteiger partial charge < -0.3 is 5.32 Å². The molecule has 0 bridgehead atoms. The standard InChI is InChI=1S/C12H15NO2S3/c14-18(15)7-6-11(9-18)13-12(16)17-8-10-4-2-1-3-5-10/h1-5,11H,6-9H2,(H,13,16)/t11-/m0/s1. The SMILES string of the molecule is O=S1(=O)CC[C@H](NC(=S)SCc2ccccc2)C1. The van der Waals surface area contributed by atoms with E-state index in [1.54, 1.807) is 11.8 Å². The molecule has 1 aliphatic heterocycles. The van der Waals surface area contributed by atoms with Crippen LogP contribution in [0, 0.1) is 0 Å². The monoisotopic (exact) mass is 301 g/mol. The number of hydrogen-bond donors (Lipinski definition) is 1. The Morgan fingerprint density at radius 2 is 2.11 bits per heavy atom. The number of thiocarbonyl (C=S) groups is 1. The lowest BCUT2D eigenvalue weighted by Gasteiger charge is -2.12. The maximum absolute atomic E-state index is 11.3. The van der Waals surface area contributed by atoms with Gasteiger partial charge in [0, 0.05) is 11.8 Å². The normalized spacial score (nSPS) is 21.7. The highest BCUT2D eigenvalue weighted by Gasteiger charge is 2.28. The Hall–Kier alpha value is -0.590. The summed E-state index contributed by atoms with van der Waals surface area (Å²) in [5.74, 6) is 1.29. The van der Waals surface area contributed by atoms with Gasteiger partial charge in [0.05, 0.1) is 11.5 Å². The fourth-order valence-corrected chi connectivity index (χ4v) is 4.60. The van der Waals surface area contributed by atoms with Gasteiger partial charge in [-0.2, -0.15) is 0 Å². The van der Waals surface area contributed by atoms with Crippen molar-refractivity contribution in [1.29, 1.82) is 0 Å². The fraction of sp³-hybridized carbons (Fsp3) is 0.417. The molecule has 1 aromatic rings. The van der Waals surface area contributed by atoms with Crippen LogP contribution >= 0.6 is 24.0 Å². The van der Waals surface area contributed by atoms with Gasteiger partial charge in [-0.1, -0.05) is 54.3 Å². The number of nitrogens with one attached hydrogen (secondary N) is 1. The van der Waals surface area contributed by atoms with Crippen LogP contribution < -0.4 is 5.32 Å². The van der Waals surface area contributed by atoms with Crippen LogP contribution in [0.1, 0.15) is 12.0 Å². The molecule has 18 heavy (non-hydrogen) atoms. The van der Waals surface area contributed by atoms with Gasteiger partial charge in [-0.05, 0) is 12.0 Å². The topological polar surface area (TPSA) is 46.2 Å². The van der Waals surface area contributed by atoms with Gasteiger partial charge in [0.1, 0.15) is 4.32 Å². The Bertz CT molecular complexity index is 513. The highest BCUT2D eigenvalue weighted by molar-refractivity contribution is 8.22. The van der Waals surface area contributed by atoms with E-state index in [2.05, 4.69) is 17.4 Å². The summed E-state index contributed by atoms with van der Waals surface area (Å²) in [4.78, 5) is 0. The summed E-state index contributed by atoms with van der Waals surface area (Å²) in [5, 5.41) is 3.12. The maximum atomic E-state index is 11.3. The number of benzene rings is 1. The smallest absolute Gasteiger partial charge is 0.152 e. The lowest BCUT2D eigenvalue weighted by atomic mass is 10.2. The van der Waals surface area contributed by atoms with Crippen LogP contribution in [0.15, 0.2) is 30.3 Å². The van der Waals surface area contributed by atoms with Crippen molar-refractivity contribution < 1.29 is 8.42 Å². The van der Waals surface area contributed by atoms with Crippen LogP contribution in [-0.4, -0.2) is 30.3 Å². The minimum absolute atomic E-state index is 0.00854. The van der Waals surface area contributed by atoms with E-state index in [0.717, 1.165) is 5.75 Å². The van der Waals surface area contributed by atoms with Crippen LogP contribution in [0.2, 0.25) is 0 Å². The van der Waals surface area contributed by atoms with Crippen LogP contribution in [0.3, 0.4) is 0 Å². The van der Waals surface area contributed by atoms with Crippen molar-refractivity contribution in [2.75, 3.05) is 11.5 Å². The molecule has 3 nitrogen and oxygen atoms in total. The second-order valence-corrected chi connectivity index (χ2v) is 8.19. The average molecular weight is 301 g/mol. The molecule has 1 atom stereocenters. The molecule has 0 aromatic heterocycles. The summed E-state index contributed by atoms with van der Waals surface area (Å²) >= 11 is 6.76. The molecule has 6 heteroatoms. The van der Waals surface area contributed by atoms with Gasteiger partial charge in [-0.25, -0.2) is 8.42 Å². The summed E-state index contributed by atoms with van der Waals surface area (Å²) in [7, 11) is -2.84. The van der Waals surface area contributed by atoms with Gasteiger partial charge in [-0.15, -0.1) is 0 Å². The Morgan fingerprint density at radius 3 is 2.72 bits per heavy atom. The lowest BCUT2D eigenvalue weighted by Crippen LogP contribution is -2.32. The van der Waals surface area contributed by atoms with Gasteiger partial charge in [0.2, 0.25) is 0 Å². The van der Waals surface area contributed by atoms with E-state index in [4.69, 9.17) is 12.2 Å². The molecule has 0 unspecified atom stereocenters. The third-order valence-corrected chi connectivity index (χ3v) is 5.86. The number of thioether (sulfide) groups is 1. The Kier molecular flexibility index (Phi) is 4.64. The molecule has 0 saturated carbocycles. The molecule has 0 amide bonds. The highest BCUT2D eigenvalue weighted by Crippen LogP contribution is 2.16. The quantitative estimate of drug-likeness (QED) is 0.865. The first-order valence-electron chi connectivity index (χ1n) is 5.73. The van der Waals surface area contributed by atoms with E-state index in [9.17, 15) is 8.42 Å². The third-order valence-electron chi connectivity index (χ3n) is 2.77. The van der Waals surface area contributed by atoms with Crippen LogP contribution in [0.4, 0.5) is 0 Å². The highest BCUT2D eigenvalue weighted by atomic mass is 32.2. The molecule has 1 fully saturated rings. The molecule has 0 radical (unpaired) electrons. The van der Waals surface area contributed by atoms with Crippen molar-refractivity contribution in [2.45, 2.75) is 18.2 Å². The molecular weight excluding hydrogens is 286 g/mol. The number of rotatable bonds is 3. The van der Waals surface area contributed by atoms with Gasteiger partial charge in [0.25, 0.3) is 0 Å². The molecule has 1 aliphatic rings. The third kappa shape index (κ3) is 4.26. The van der Waals surface area contributed by atoms with E-state index >= 15 is 0 Å². The van der Waals surface area contributed by atoms with E-state index < -0.39 is 9.84 Å². The number of hydrogen-bond acceptors (Lipinski definition) is 4. The van der Waals surface area contributed by atoms with Gasteiger partial charge in [-0.3, -0.25) is 0 Å². The first-order valence-corrected chi connectivity index (χ1v) is 8.94. The molecular formula is C12H15NO2S3. The van der Waals surface area contributed by atoms with E-state index in [-0.39, 0.29) is 17.5 Å². The van der Waals surface area contributed by atoms with Gasteiger partial charge in [0.15, 0.2) is 9.84 Å². The fourth-order valence-electron chi connectivity index (χ4n) is 1.84. The van der Waals surface area contributed by atoms with Crippen molar-refractivity contribution in [2.24, 2.45) is 0 Å². The zero-order valence-electron chi connectivity index (χ0n) is 9.83. The molecule has 98 valence electrons. The zero-order chi connectivity index (χ0) is 13.0. The molecule has 1 saturated heterocycles. The molecule has 0 spiro atoms. The molecule has 1 heterocycles. The molecule has 1 aromatic carbocycles. The average Bonchev–Trinajstić information content (AvgIpc) is 2.67. The first kappa shape index (κ1) is 13.8. The van der Waals surface area contributed by atoms with Crippen LogP contribution in [0.5, 0.6) is 0 Å². The Morgan fingerprint density at radius 1 is 1.39 bits per heavy atom. The summed E-state index contributed by atoms with van der Waals surface area (Å²) in [5.41, 5.74) is 1.21. The Balaban J connectivity index is 1.76. The van der Waals surface area contributed by atoms with E-state index in [1.807, 2.05) is 18.2 Å². The predicted molar refractivity (Wildman–Crippen MR) is 80.5 cm³/mol. The molecule has 0 aliphatic carbocycles.